The maximum absolute atomic E-state index is 12.4. The number of hydrogen-bond donors (Lipinski definition) is 2. The van der Waals surface area contributed by atoms with Gasteiger partial charge in [0, 0.05) is 44.6 Å². The van der Waals surface area contributed by atoms with Gasteiger partial charge in [0.1, 0.15) is 5.82 Å². The molecule has 4 rings (SSSR count). The minimum Gasteiger partial charge on any atom is -0.372 e. The molecule has 1 aromatic heterocycles. The number of carbonyl (C=O) groups excluding carboxylic acids is 1. The van der Waals surface area contributed by atoms with Crippen LogP contribution in [0.25, 0.3) is 0 Å². The molecule has 2 saturated heterocycles. The highest BCUT2D eigenvalue weighted by molar-refractivity contribution is 6.33. The van der Waals surface area contributed by atoms with Crippen LogP contribution in [0.4, 0.5) is 22.0 Å². The van der Waals surface area contributed by atoms with Gasteiger partial charge in [0.15, 0.2) is 0 Å². The lowest BCUT2D eigenvalue weighted by molar-refractivity contribution is -0.00546. The number of carbonyl (C=O) groups is 1. The molecule has 0 aliphatic carbocycles. The van der Waals surface area contributed by atoms with Crippen LogP contribution in [0, 0.1) is 0 Å². The molecule has 32 heavy (non-hydrogen) atoms. The number of halogens is 1. The Labute approximate surface area is 195 Å². The number of pyridine rings is 1. The van der Waals surface area contributed by atoms with E-state index in [0.717, 1.165) is 43.2 Å². The summed E-state index contributed by atoms with van der Waals surface area (Å²) in [7, 11) is 0. The molecule has 2 aromatic rings. The van der Waals surface area contributed by atoms with Crippen molar-refractivity contribution >= 4 is 34.8 Å². The predicted molar refractivity (Wildman–Crippen MR) is 130 cm³/mol. The smallest absolute Gasteiger partial charge is 0.319 e. The first-order valence-corrected chi connectivity index (χ1v) is 11.8. The SMILES string of the molecule is CC1CN(c2ccc(CNC(=O)Nc3ccc(N4CCCCC4)c(Cl)c3)cn2)CC(C)O1. The maximum atomic E-state index is 12.4. The van der Waals surface area contributed by atoms with Gasteiger partial charge >= 0.3 is 6.03 Å². The molecule has 0 bridgehead atoms. The van der Waals surface area contributed by atoms with Gasteiger partial charge < -0.3 is 25.2 Å². The molecule has 0 saturated carbocycles. The van der Waals surface area contributed by atoms with E-state index in [4.69, 9.17) is 16.3 Å². The number of benzene rings is 1. The monoisotopic (exact) mass is 457 g/mol. The normalized spacial score (nSPS) is 21.3. The van der Waals surface area contributed by atoms with Crippen molar-refractivity contribution < 1.29 is 9.53 Å². The molecular weight excluding hydrogens is 426 g/mol. The lowest BCUT2D eigenvalue weighted by Crippen LogP contribution is -2.45. The van der Waals surface area contributed by atoms with Crippen LogP contribution in [0.5, 0.6) is 0 Å². The fourth-order valence-corrected chi connectivity index (χ4v) is 4.71. The number of urea groups is 1. The molecule has 0 radical (unpaired) electrons. The summed E-state index contributed by atoms with van der Waals surface area (Å²) >= 11 is 6.48. The molecule has 2 aliphatic heterocycles. The number of morpholine rings is 1. The van der Waals surface area contributed by atoms with Gasteiger partial charge in [0.2, 0.25) is 0 Å². The average Bonchev–Trinajstić information content (AvgIpc) is 2.78. The first-order valence-electron chi connectivity index (χ1n) is 11.4. The van der Waals surface area contributed by atoms with E-state index < -0.39 is 0 Å². The van der Waals surface area contributed by atoms with E-state index >= 15 is 0 Å². The van der Waals surface area contributed by atoms with Gasteiger partial charge in [0.05, 0.1) is 22.9 Å². The number of anilines is 3. The molecule has 2 N–H and O–H groups in total. The molecule has 2 unspecified atom stereocenters. The van der Waals surface area contributed by atoms with E-state index in [0.29, 0.717) is 17.3 Å². The van der Waals surface area contributed by atoms with Crippen molar-refractivity contribution in [3.8, 4) is 0 Å². The summed E-state index contributed by atoms with van der Waals surface area (Å²) in [5.74, 6) is 0.934. The summed E-state index contributed by atoms with van der Waals surface area (Å²) in [4.78, 5) is 21.5. The third-order valence-corrected chi connectivity index (χ3v) is 6.21. The van der Waals surface area contributed by atoms with Gasteiger partial charge in [-0.15, -0.1) is 0 Å². The number of hydrogen-bond acceptors (Lipinski definition) is 5. The second kappa shape index (κ2) is 10.4. The number of amides is 2. The maximum Gasteiger partial charge on any atom is 0.319 e. The fourth-order valence-electron chi connectivity index (χ4n) is 4.41. The topological polar surface area (TPSA) is 69.7 Å². The van der Waals surface area contributed by atoms with Gasteiger partial charge in [-0.05, 0) is 62.9 Å². The zero-order chi connectivity index (χ0) is 22.5. The van der Waals surface area contributed by atoms with Crippen LogP contribution in [-0.2, 0) is 11.3 Å². The summed E-state index contributed by atoms with van der Waals surface area (Å²) in [6, 6.07) is 9.42. The summed E-state index contributed by atoms with van der Waals surface area (Å²) in [6.45, 7) is 8.27. The minimum atomic E-state index is -0.272. The second-order valence-electron chi connectivity index (χ2n) is 8.71. The van der Waals surface area contributed by atoms with Crippen LogP contribution in [0.2, 0.25) is 5.02 Å². The molecular formula is C24H32ClN5O2. The first-order chi connectivity index (χ1) is 15.5. The molecule has 7 nitrogen and oxygen atoms in total. The number of nitrogens with one attached hydrogen (secondary N) is 2. The van der Waals surface area contributed by atoms with Gasteiger partial charge in [-0.3, -0.25) is 0 Å². The zero-order valence-electron chi connectivity index (χ0n) is 18.8. The van der Waals surface area contributed by atoms with Crippen molar-refractivity contribution in [1.82, 2.24) is 10.3 Å². The zero-order valence-corrected chi connectivity index (χ0v) is 19.6. The van der Waals surface area contributed by atoms with E-state index in [2.05, 4.69) is 39.3 Å². The number of piperidine rings is 1. The Morgan fingerprint density at radius 3 is 2.50 bits per heavy atom. The lowest BCUT2D eigenvalue weighted by Gasteiger charge is -2.36. The second-order valence-corrected chi connectivity index (χ2v) is 9.12. The Morgan fingerprint density at radius 2 is 1.84 bits per heavy atom. The lowest BCUT2D eigenvalue weighted by atomic mass is 10.1. The van der Waals surface area contributed by atoms with Crippen molar-refractivity contribution in [2.75, 3.05) is 41.3 Å². The third kappa shape index (κ3) is 5.84. The standard InChI is InChI=1S/C24H32ClN5O2/c1-17-15-30(16-18(2)32-17)23-9-6-19(13-26-23)14-27-24(31)28-20-7-8-22(21(25)12-20)29-10-4-3-5-11-29/h6-9,12-13,17-18H,3-5,10-11,14-16H2,1-2H3,(H2,27,28,31). The molecule has 2 fully saturated rings. The minimum absolute atomic E-state index is 0.188. The van der Waals surface area contributed by atoms with Crippen LogP contribution < -0.4 is 20.4 Å². The Hall–Kier alpha value is -2.51. The van der Waals surface area contributed by atoms with E-state index in [9.17, 15) is 4.79 Å². The molecule has 1 aromatic carbocycles. The number of aromatic nitrogens is 1. The first kappa shape index (κ1) is 22.7. The van der Waals surface area contributed by atoms with E-state index in [-0.39, 0.29) is 18.2 Å². The van der Waals surface area contributed by atoms with Crippen molar-refractivity contribution in [2.24, 2.45) is 0 Å². The predicted octanol–water partition coefficient (Wildman–Crippen LogP) is 4.66. The van der Waals surface area contributed by atoms with Gasteiger partial charge in [-0.2, -0.15) is 0 Å². The van der Waals surface area contributed by atoms with E-state index in [1.165, 1.54) is 19.3 Å². The van der Waals surface area contributed by atoms with Crippen molar-refractivity contribution in [2.45, 2.75) is 51.9 Å². The molecule has 2 amide bonds. The van der Waals surface area contributed by atoms with Crippen LogP contribution in [0.1, 0.15) is 38.7 Å². The molecule has 3 heterocycles. The van der Waals surface area contributed by atoms with Gasteiger partial charge in [-0.1, -0.05) is 17.7 Å². The van der Waals surface area contributed by atoms with Crippen LogP contribution in [0.15, 0.2) is 36.5 Å². The Morgan fingerprint density at radius 1 is 1.09 bits per heavy atom. The Balaban J connectivity index is 1.28. The molecule has 2 aliphatic rings. The number of rotatable bonds is 5. The molecule has 172 valence electrons. The Bertz CT molecular complexity index is 907. The summed E-state index contributed by atoms with van der Waals surface area (Å²) in [6.07, 6.45) is 5.85. The summed E-state index contributed by atoms with van der Waals surface area (Å²) in [5, 5.41) is 6.40. The van der Waals surface area contributed by atoms with Crippen LogP contribution in [-0.4, -0.2) is 49.4 Å². The van der Waals surface area contributed by atoms with Gasteiger partial charge in [0.25, 0.3) is 0 Å². The molecule has 0 spiro atoms. The van der Waals surface area contributed by atoms with Crippen molar-refractivity contribution in [3.05, 3.63) is 47.1 Å². The molecule has 2 atom stereocenters. The fraction of sp³-hybridized carbons (Fsp3) is 0.500. The highest BCUT2D eigenvalue weighted by atomic mass is 35.5. The van der Waals surface area contributed by atoms with Crippen LogP contribution >= 0.6 is 11.6 Å². The summed E-state index contributed by atoms with van der Waals surface area (Å²) < 4.78 is 5.79. The highest BCUT2D eigenvalue weighted by Crippen LogP contribution is 2.30. The third-order valence-electron chi connectivity index (χ3n) is 5.91. The number of ether oxygens (including phenoxy) is 1. The largest absolute Gasteiger partial charge is 0.372 e. The average molecular weight is 458 g/mol. The summed E-state index contributed by atoms with van der Waals surface area (Å²) in [5.41, 5.74) is 2.65. The van der Waals surface area contributed by atoms with E-state index in [1.54, 1.807) is 0 Å². The van der Waals surface area contributed by atoms with E-state index in [1.807, 2.05) is 36.5 Å². The van der Waals surface area contributed by atoms with Crippen molar-refractivity contribution in [1.29, 1.82) is 0 Å². The Kier molecular flexibility index (Phi) is 7.37. The quantitative estimate of drug-likeness (QED) is 0.683. The van der Waals surface area contributed by atoms with Crippen molar-refractivity contribution in [3.63, 3.8) is 0 Å². The number of nitrogens with zero attached hydrogens (tertiary/aromatic N) is 3. The highest BCUT2D eigenvalue weighted by Gasteiger charge is 2.23. The van der Waals surface area contributed by atoms with Crippen LogP contribution in [0.3, 0.4) is 0 Å². The van der Waals surface area contributed by atoms with Gasteiger partial charge in [-0.25, -0.2) is 9.78 Å². The molecule has 8 heteroatoms.